The molecule has 0 aromatic heterocycles. The molecule has 5 nitrogen and oxygen atoms in total. The van der Waals surface area contributed by atoms with Crippen molar-refractivity contribution in [3.8, 4) is 6.07 Å². The third-order valence-electron chi connectivity index (χ3n) is 3.13. The molecule has 114 valence electrons. The molecule has 0 heterocycles. The molecule has 0 saturated carbocycles. The zero-order chi connectivity index (χ0) is 15.8. The maximum Gasteiger partial charge on any atom is 0.225 e. The fourth-order valence-electron chi connectivity index (χ4n) is 1.92. The van der Waals surface area contributed by atoms with Gasteiger partial charge < -0.3 is 11.1 Å². The number of hydrogen-bond donors (Lipinski definition) is 2. The van der Waals surface area contributed by atoms with Crippen LogP contribution < -0.4 is 11.1 Å². The highest BCUT2D eigenvalue weighted by atomic mass is 19.1. The van der Waals surface area contributed by atoms with Crippen LogP contribution in [0.5, 0.6) is 0 Å². The van der Waals surface area contributed by atoms with Gasteiger partial charge in [-0.3, -0.25) is 9.69 Å². The lowest BCUT2D eigenvalue weighted by Crippen LogP contribution is -2.34. The van der Waals surface area contributed by atoms with Gasteiger partial charge >= 0.3 is 0 Å². The van der Waals surface area contributed by atoms with E-state index < -0.39 is 5.82 Å². The molecule has 21 heavy (non-hydrogen) atoms. The van der Waals surface area contributed by atoms with E-state index in [1.165, 1.54) is 18.2 Å². The molecule has 0 bridgehead atoms. The Bertz CT molecular complexity index is 525. The highest BCUT2D eigenvalue weighted by Gasteiger charge is 2.12. The van der Waals surface area contributed by atoms with Gasteiger partial charge in [0.15, 0.2) is 0 Å². The van der Waals surface area contributed by atoms with Gasteiger partial charge in [0.25, 0.3) is 0 Å². The largest absolute Gasteiger partial charge is 0.399 e. The Morgan fingerprint density at radius 1 is 1.48 bits per heavy atom. The number of nitrogens with one attached hydrogen (secondary N) is 1. The lowest BCUT2D eigenvalue weighted by molar-refractivity contribution is -0.116. The zero-order valence-electron chi connectivity index (χ0n) is 12.4. The van der Waals surface area contributed by atoms with Gasteiger partial charge in [-0.2, -0.15) is 5.26 Å². The van der Waals surface area contributed by atoms with E-state index in [0.29, 0.717) is 25.2 Å². The average Bonchev–Trinajstić information content (AvgIpc) is 2.42. The number of nitrogens with two attached hydrogens (primary N) is 1. The predicted octanol–water partition coefficient (Wildman–Crippen LogP) is 2.36. The summed E-state index contributed by atoms with van der Waals surface area (Å²) in [6.45, 7) is 5.16. The summed E-state index contributed by atoms with van der Waals surface area (Å²) in [5, 5.41) is 11.1. The molecule has 1 aromatic carbocycles. The molecule has 0 aliphatic heterocycles. The second kappa shape index (κ2) is 8.22. The van der Waals surface area contributed by atoms with Crippen LogP contribution in [0, 0.1) is 17.1 Å². The van der Waals surface area contributed by atoms with Crippen molar-refractivity contribution in [2.24, 2.45) is 0 Å². The Kier molecular flexibility index (Phi) is 6.63. The van der Waals surface area contributed by atoms with Gasteiger partial charge in [0.2, 0.25) is 5.91 Å². The number of rotatable bonds is 7. The third-order valence-corrected chi connectivity index (χ3v) is 3.13. The van der Waals surface area contributed by atoms with E-state index in [1.807, 2.05) is 18.7 Å². The lowest BCUT2D eigenvalue weighted by atomic mass is 10.2. The molecular weight excluding hydrogens is 271 g/mol. The van der Waals surface area contributed by atoms with Crippen LogP contribution in [0.4, 0.5) is 15.8 Å². The highest BCUT2D eigenvalue weighted by molar-refractivity contribution is 5.91. The summed E-state index contributed by atoms with van der Waals surface area (Å²) >= 11 is 0. The minimum absolute atomic E-state index is 0.0909. The van der Waals surface area contributed by atoms with Crippen LogP contribution in [0.2, 0.25) is 0 Å². The summed E-state index contributed by atoms with van der Waals surface area (Å²) in [5.41, 5.74) is 6.05. The molecule has 1 rings (SSSR count). The van der Waals surface area contributed by atoms with Crippen molar-refractivity contribution < 1.29 is 9.18 Å². The number of hydrogen-bond acceptors (Lipinski definition) is 4. The number of nitrogens with zero attached hydrogens (tertiary/aromatic N) is 2. The van der Waals surface area contributed by atoms with Gasteiger partial charge in [0.1, 0.15) is 5.82 Å². The smallest absolute Gasteiger partial charge is 0.225 e. The number of halogens is 1. The maximum atomic E-state index is 13.5. The third kappa shape index (κ3) is 5.79. The summed E-state index contributed by atoms with van der Waals surface area (Å²) in [6.07, 6.45) is 0.654. The number of carbonyl (C=O) groups excluding carboxylic acids is 1. The first-order chi connectivity index (χ1) is 9.93. The second-order valence-corrected chi connectivity index (χ2v) is 5.08. The normalized spacial score (nSPS) is 10.7. The molecule has 0 saturated heterocycles. The van der Waals surface area contributed by atoms with E-state index in [9.17, 15) is 9.18 Å². The second-order valence-electron chi connectivity index (χ2n) is 5.08. The summed E-state index contributed by atoms with van der Waals surface area (Å²) in [6, 6.07) is 6.38. The van der Waals surface area contributed by atoms with Crippen LogP contribution in [0.15, 0.2) is 18.2 Å². The van der Waals surface area contributed by atoms with Gasteiger partial charge in [-0.1, -0.05) is 0 Å². The highest BCUT2D eigenvalue weighted by Crippen LogP contribution is 2.17. The first-order valence-corrected chi connectivity index (χ1v) is 6.90. The Balaban J connectivity index is 2.53. The molecule has 0 fully saturated rings. The van der Waals surface area contributed by atoms with E-state index in [0.717, 1.165) is 0 Å². The van der Waals surface area contributed by atoms with Crippen molar-refractivity contribution in [2.45, 2.75) is 32.7 Å². The van der Waals surface area contributed by atoms with E-state index >= 15 is 0 Å². The number of carbonyl (C=O) groups is 1. The zero-order valence-corrected chi connectivity index (χ0v) is 12.4. The Hall–Kier alpha value is -2.13. The van der Waals surface area contributed by atoms with Gasteiger partial charge in [-0.05, 0) is 32.0 Å². The maximum absolute atomic E-state index is 13.5. The van der Waals surface area contributed by atoms with Gasteiger partial charge in [-0.25, -0.2) is 4.39 Å². The van der Waals surface area contributed by atoms with Crippen LogP contribution in [0.25, 0.3) is 0 Å². The van der Waals surface area contributed by atoms with Crippen LogP contribution in [0.3, 0.4) is 0 Å². The van der Waals surface area contributed by atoms with E-state index in [4.69, 9.17) is 11.0 Å². The quantitative estimate of drug-likeness (QED) is 0.756. The monoisotopic (exact) mass is 292 g/mol. The number of amides is 1. The summed E-state index contributed by atoms with van der Waals surface area (Å²) < 4.78 is 13.5. The molecule has 0 spiro atoms. The van der Waals surface area contributed by atoms with Crippen LogP contribution in [0.1, 0.15) is 26.7 Å². The van der Waals surface area contributed by atoms with Crippen molar-refractivity contribution in [3.63, 3.8) is 0 Å². The van der Waals surface area contributed by atoms with E-state index in [-0.39, 0.29) is 24.1 Å². The van der Waals surface area contributed by atoms with Crippen molar-refractivity contribution in [3.05, 3.63) is 24.0 Å². The van der Waals surface area contributed by atoms with Crippen molar-refractivity contribution in [2.75, 3.05) is 24.1 Å². The minimum atomic E-state index is -0.511. The molecule has 1 amide bonds. The first kappa shape index (κ1) is 16.9. The molecule has 3 N–H and O–H groups in total. The summed E-state index contributed by atoms with van der Waals surface area (Å²) in [7, 11) is 0. The molecule has 1 aromatic rings. The number of benzene rings is 1. The standard InChI is InChI=1S/C15H21FN4O/c1-11(2)20(8-3-7-17)9-6-15(21)19-14-10-12(18)4-5-13(14)16/h4-5,10-11H,3,6,8-9,18H2,1-2H3,(H,19,21). The average molecular weight is 292 g/mol. The Labute approximate surface area is 124 Å². The van der Waals surface area contributed by atoms with Gasteiger partial charge in [0, 0.05) is 37.7 Å². The predicted molar refractivity (Wildman–Crippen MR) is 81.0 cm³/mol. The van der Waals surface area contributed by atoms with Crippen LogP contribution >= 0.6 is 0 Å². The molecule has 6 heteroatoms. The lowest BCUT2D eigenvalue weighted by Gasteiger charge is -2.25. The topological polar surface area (TPSA) is 82.2 Å². The number of nitrogen functional groups attached to an aromatic ring is 1. The van der Waals surface area contributed by atoms with Crippen LogP contribution in [-0.2, 0) is 4.79 Å². The molecule has 0 unspecified atom stereocenters. The molecule has 0 aliphatic rings. The van der Waals surface area contributed by atoms with Gasteiger partial charge in [-0.15, -0.1) is 0 Å². The number of nitriles is 1. The van der Waals surface area contributed by atoms with Crippen LogP contribution in [-0.4, -0.2) is 29.9 Å². The van der Waals surface area contributed by atoms with Crippen molar-refractivity contribution in [1.82, 2.24) is 4.90 Å². The van der Waals surface area contributed by atoms with Crippen molar-refractivity contribution in [1.29, 1.82) is 5.26 Å². The van der Waals surface area contributed by atoms with Crippen molar-refractivity contribution >= 4 is 17.3 Å². The SMILES string of the molecule is CC(C)N(CCC#N)CCC(=O)Nc1cc(N)ccc1F. The molecule has 0 aliphatic carbocycles. The van der Waals surface area contributed by atoms with Gasteiger partial charge in [0.05, 0.1) is 11.8 Å². The number of anilines is 2. The van der Waals surface area contributed by atoms with E-state index in [1.54, 1.807) is 0 Å². The Morgan fingerprint density at radius 3 is 2.81 bits per heavy atom. The molecular formula is C15H21FN4O. The molecule has 0 atom stereocenters. The molecule has 0 radical (unpaired) electrons. The fourth-order valence-corrected chi connectivity index (χ4v) is 1.92. The van der Waals surface area contributed by atoms with E-state index in [2.05, 4.69) is 11.4 Å². The minimum Gasteiger partial charge on any atom is -0.399 e. The Morgan fingerprint density at radius 2 is 2.19 bits per heavy atom. The first-order valence-electron chi connectivity index (χ1n) is 6.90. The summed E-state index contributed by atoms with van der Waals surface area (Å²) in [4.78, 5) is 13.9. The summed E-state index contributed by atoms with van der Waals surface area (Å²) in [5.74, 6) is -0.787. The fraction of sp³-hybridized carbons (Fsp3) is 0.467.